The zero-order chi connectivity index (χ0) is 13.6. The Morgan fingerprint density at radius 3 is 1.78 bits per heavy atom. The normalized spacial score (nSPS) is 22.0. The molecule has 0 amide bonds. The van der Waals surface area contributed by atoms with E-state index in [2.05, 4.69) is 59.7 Å². The van der Waals surface area contributed by atoms with Crippen LogP contribution in [0.2, 0.25) is 0 Å². The highest BCUT2D eigenvalue weighted by molar-refractivity contribution is 7.12. The third kappa shape index (κ3) is 2.71. The maximum Gasteiger partial charge on any atom is 0.431 e. The average molecular weight is 262 g/mol. The summed E-state index contributed by atoms with van der Waals surface area (Å²) in [4.78, 5) is 0. The van der Waals surface area contributed by atoms with Crippen molar-refractivity contribution in [3.63, 3.8) is 0 Å². The lowest BCUT2D eigenvalue weighted by atomic mass is 9.90. The summed E-state index contributed by atoms with van der Waals surface area (Å²) in [6.45, 7) is 12.7. The van der Waals surface area contributed by atoms with Gasteiger partial charge in [-0.05, 0) is 41.5 Å². The molecule has 1 saturated heterocycles. The van der Waals surface area contributed by atoms with Gasteiger partial charge in [-0.25, -0.2) is 0 Å². The van der Waals surface area contributed by atoms with Gasteiger partial charge in [0.25, 0.3) is 0 Å². The van der Waals surface area contributed by atoms with E-state index in [4.69, 9.17) is 9.31 Å². The van der Waals surface area contributed by atoms with Crippen LogP contribution < -0.4 is 5.19 Å². The van der Waals surface area contributed by atoms with Crippen molar-refractivity contribution in [1.82, 2.24) is 0 Å². The van der Waals surface area contributed by atoms with Crippen molar-refractivity contribution < 1.29 is 9.31 Å². The topological polar surface area (TPSA) is 18.5 Å². The predicted octanol–water partition coefficient (Wildman–Crippen LogP) is 1.69. The Hall–Kier alpha value is -0.578. The third-order valence-electron chi connectivity index (χ3n) is 3.99. The monoisotopic (exact) mass is 262 g/mol. The lowest BCUT2D eigenvalue weighted by Crippen LogP contribution is -2.41. The zero-order valence-electron chi connectivity index (χ0n) is 12.3. The summed E-state index contributed by atoms with van der Waals surface area (Å²) in [6.07, 6.45) is 0. The SMILES string of the molecule is Cc1cc(C)cc([SiH2]B2OC(C)(C)C(C)(C)O2)c1. The van der Waals surface area contributed by atoms with Gasteiger partial charge >= 0.3 is 6.71 Å². The van der Waals surface area contributed by atoms with Crippen LogP contribution >= 0.6 is 0 Å². The predicted molar refractivity (Wildman–Crippen MR) is 80.2 cm³/mol. The van der Waals surface area contributed by atoms with Gasteiger partial charge < -0.3 is 9.31 Å². The molecule has 0 aromatic heterocycles. The Bertz CT molecular complexity index is 421. The molecule has 0 bridgehead atoms. The van der Waals surface area contributed by atoms with Gasteiger partial charge in [0, 0.05) is 0 Å². The van der Waals surface area contributed by atoms with Crippen molar-refractivity contribution in [1.29, 1.82) is 0 Å². The first-order valence-electron chi connectivity index (χ1n) is 6.62. The largest absolute Gasteiger partial charge is 0.431 e. The van der Waals surface area contributed by atoms with Crippen molar-refractivity contribution in [2.75, 3.05) is 0 Å². The standard InChI is InChI=1S/C14H23BO2Si/c1-10-7-11(2)9-12(8-10)18-15-16-13(3,4)14(5,6)17-15/h7-9H,18H2,1-6H3. The van der Waals surface area contributed by atoms with Crippen molar-refractivity contribution in [3.05, 3.63) is 29.3 Å². The summed E-state index contributed by atoms with van der Waals surface area (Å²) in [6, 6.07) is 6.75. The van der Waals surface area contributed by atoms with Crippen molar-refractivity contribution in [2.45, 2.75) is 52.7 Å². The Balaban J connectivity index is 2.12. The van der Waals surface area contributed by atoms with Crippen LogP contribution in [0.1, 0.15) is 38.8 Å². The molecule has 0 aliphatic carbocycles. The van der Waals surface area contributed by atoms with Crippen LogP contribution in [0.4, 0.5) is 0 Å². The van der Waals surface area contributed by atoms with Gasteiger partial charge in [0.05, 0.1) is 11.2 Å². The average Bonchev–Trinajstić information content (AvgIpc) is 2.31. The van der Waals surface area contributed by atoms with Gasteiger partial charge in [0.15, 0.2) is 0 Å². The summed E-state index contributed by atoms with van der Waals surface area (Å²) < 4.78 is 12.2. The Kier molecular flexibility index (Phi) is 3.47. The minimum absolute atomic E-state index is 0.00352. The lowest BCUT2D eigenvalue weighted by Gasteiger charge is -2.32. The fourth-order valence-corrected chi connectivity index (χ4v) is 4.69. The number of hydrogen-bond donors (Lipinski definition) is 0. The summed E-state index contributed by atoms with van der Waals surface area (Å²) in [5, 5.41) is 1.42. The highest BCUT2D eigenvalue weighted by atomic mass is 28.2. The summed E-state index contributed by atoms with van der Waals surface area (Å²) in [5.41, 5.74) is 2.25. The van der Waals surface area contributed by atoms with Crippen LogP contribution in [0.3, 0.4) is 0 Å². The number of rotatable bonds is 2. The molecule has 18 heavy (non-hydrogen) atoms. The van der Waals surface area contributed by atoms with E-state index >= 15 is 0 Å². The van der Waals surface area contributed by atoms with Crippen LogP contribution in [0, 0.1) is 13.8 Å². The Morgan fingerprint density at radius 2 is 1.33 bits per heavy atom. The first-order chi connectivity index (χ1) is 8.19. The van der Waals surface area contributed by atoms with Gasteiger partial charge in [-0.3, -0.25) is 0 Å². The molecule has 0 N–H and O–H groups in total. The summed E-state index contributed by atoms with van der Waals surface area (Å²) in [7, 11) is -0.560. The number of hydrogen-bond acceptors (Lipinski definition) is 2. The van der Waals surface area contributed by atoms with Crippen LogP contribution in [-0.2, 0) is 9.31 Å². The van der Waals surface area contributed by atoms with E-state index in [-0.39, 0.29) is 17.9 Å². The smallest absolute Gasteiger partial charge is 0.406 e. The quantitative estimate of drug-likeness (QED) is 0.755. The van der Waals surface area contributed by atoms with Crippen LogP contribution in [0.25, 0.3) is 0 Å². The van der Waals surface area contributed by atoms with Crippen LogP contribution in [0.15, 0.2) is 18.2 Å². The summed E-state index contributed by atoms with van der Waals surface area (Å²) >= 11 is 0. The van der Waals surface area contributed by atoms with Crippen LogP contribution in [-0.4, -0.2) is 27.3 Å². The van der Waals surface area contributed by atoms with E-state index in [1.807, 2.05) is 0 Å². The van der Waals surface area contributed by atoms with Gasteiger partial charge in [0.1, 0.15) is 9.39 Å². The van der Waals surface area contributed by atoms with E-state index in [1.54, 1.807) is 0 Å². The fraction of sp³-hybridized carbons (Fsp3) is 0.571. The molecule has 1 aromatic carbocycles. The molecule has 98 valence electrons. The fourth-order valence-electron chi connectivity index (χ4n) is 2.43. The van der Waals surface area contributed by atoms with Crippen molar-refractivity contribution >= 4 is 21.3 Å². The van der Waals surface area contributed by atoms with E-state index < -0.39 is 9.39 Å². The maximum absolute atomic E-state index is 6.09. The molecule has 2 rings (SSSR count). The molecule has 0 saturated carbocycles. The maximum atomic E-state index is 6.09. The molecule has 0 spiro atoms. The van der Waals surface area contributed by atoms with E-state index in [9.17, 15) is 0 Å². The minimum Gasteiger partial charge on any atom is -0.406 e. The highest BCUT2D eigenvalue weighted by Crippen LogP contribution is 2.36. The zero-order valence-corrected chi connectivity index (χ0v) is 13.7. The van der Waals surface area contributed by atoms with Gasteiger partial charge in [-0.15, -0.1) is 0 Å². The molecule has 0 unspecified atom stereocenters. The molecule has 1 heterocycles. The van der Waals surface area contributed by atoms with Crippen molar-refractivity contribution in [3.8, 4) is 0 Å². The van der Waals surface area contributed by atoms with Gasteiger partial charge in [0.2, 0.25) is 0 Å². The molecular formula is C14H23BO2Si. The Labute approximate surface area is 113 Å². The minimum atomic E-state index is -0.560. The molecule has 0 radical (unpaired) electrons. The second kappa shape index (κ2) is 4.51. The van der Waals surface area contributed by atoms with E-state index in [0.29, 0.717) is 0 Å². The van der Waals surface area contributed by atoms with E-state index in [0.717, 1.165) is 0 Å². The second-order valence-corrected chi connectivity index (χ2v) is 8.28. The molecule has 1 aromatic rings. The molecule has 2 nitrogen and oxygen atoms in total. The molecule has 1 fully saturated rings. The van der Waals surface area contributed by atoms with Crippen molar-refractivity contribution in [2.24, 2.45) is 0 Å². The number of benzene rings is 1. The molecule has 1 aliphatic heterocycles. The van der Waals surface area contributed by atoms with Gasteiger partial charge in [-0.2, -0.15) is 0 Å². The molecular weight excluding hydrogens is 239 g/mol. The highest BCUT2D eigenvalue weighted by Gasteiger charge is 2.50. The molecule has 1 aliphatic rings. The third-order valence-corrected chi connectivity index (χ3v) is 5.53. The van der Waals surface area contributed by atoms with Crippen LogP contribution in [0.5, 0.6) is 0 Å². The first kappa shape index (κ1) is 13.8. The molecule has 0 atom stereocenters. The Morgan fingerprint density at radius 1 is 0.889 bits per heavy atom. The van der Waals surface area contributed by atoms with Gasteiger partial charge in [-0.1, -0.05) is 34.5 Å². The number of aryl methyl sites for hydroxylation is 2. The first-order valence-corrected chi connectivity index (χ1v) is 8.15. The van der Waals surface area contributed by atoms with E-state index in [1.165, 1.54) is 16.3 Å². The second-order valence-electron chi connectivity index (χ2n) is 6.39. The summed E-state index contributed by atoms with van der Waals surface area (Å²) in [5.74, 6) is 0. The lowest BCUT2D eigenvalue weighted by molar-refractivity contribution is 0.00578. The molecule has 4 heteroatoms.